The zero-order chi connectivity index (χ0) is 34.1. The molecule has 4 atom stereocenters. The molecule has 0 spiro atoms. The van der Waals surface area contributed by atoms with Crippen LogP contribution in [0.3, 0.4) is 0 Å². The number of anilines is 1. The number of rotatable bonds is 14. The first-order valence-electron chi connectivity index (χ1n) is 15.6. The van der Waals surface area contributed by atoms with Gasteiger partial charge in [-0.2, -0.15) is 0 Å². The molecular formula is C37H44N4O5S. The molecule has 0 fully saturated rings. The fourth-order valence-electron chi connectivity index (χ4n) is 5.17. The van der Waals surface area contributed by atoms with Crippen LogP contribution in [0, 0.1) is 6.92 Å². The van der Waals surface area contributed by atoms with E-state index in [0.717, 1.165) is 32.8 Å². The van der Waals surface area contributed by atoms with Crippen molar-refractivity contribution >= 4 is 27.5 Å². The Morgan fingerprint density at radius 2 is 1.30 bits per heavy atom. The zero-order valence-corrected chi connectivity index (χ0v) is 28.3. The molecule has 0 saturated carbocycles. The van der Waals surface area contributed by atoms with Gasteiger partial charge in [-0.3, -0.25) is 13.9 Å². The summed E-state index contributed by atoms with van der Waals surface area (Å²) in [5.41, 5.74) is 4.35. The standard InChI is InChI=1S/C37H44N4O5S/c1-25-16-18-30(19-17-25)27(3)39-36(43)31-21-32(23-33(22-31)41(4)47(5,45)46)37(44)40-34(20-28-12-8-6-9-13-28)35(42)24-38-26(2)29-14-10-7-11-15-29/h6-19,21-23,26-27,34-35,38,42H,20,24H2,1-5H3,(H,39,43)(H,40,44)/t26-,27+,34-,35+/m0/s1. The van der Waals surface area contributed by atoms with E-state index in [1.165, 1.54) is 25.2 Å². The van der Waals surface area contributed by atoms with Crippen LogP contribution >= 0.6 is 0 Å². The SMILES string of the molecule is Cc1ccc([C@@H](C)NC(=O)c2cc(C(=O)N[C@@H](Cc3ccccc3)[C@H](O)CN[C@@H](C)c3ccccc3)cc(N(C)S(C)(=O)=O)c2)cc1. The highest BCUT2D eigenvalue weighted by Crippen LogP contribution is 2.23. The van der Waals surface area contributed by atoms with Crippen LogP contribution in [0.1, 0.15) is 68.9 Å². The number of aliphatic hydroxyl groups is 1. The Kier molecular flexibility index (Phi) is 11.9. The number of amides is 2. The van der Waals surface area contributed by atoms with Crippen LogP contribution in [0.5, 0.6) is 0 Å². The third-order valence-electron chi connectivity index (χ3n) is 8.24. The highest BCUT2D eigenvalue weighted by Gasteiger charge is 2.25. The van der Waals surface area contributed by atoms with E-state index in [1.54, 1.807) is 0 Å². The van der Waals surface area contributed by atoms with Gasteiger partial charge in [-0.1, -0.05) is 90.5 Å². The molecule has 4 rings (SSSR count). The van der Waals surface area contributed by atoms with E-state index >= 15 is 0 Å². The van der Waals surface area contributed by atoms with Gasteiger partial charge < -0.3 is 21.1 Å². The van der Waals surface area contributed by atoms with Gasteiger partial charge in [0.05, 0.1) is 30.1 Å². The molecule has 0 unspecified atom stereocenters. The maximum Gasteiger partial charge on any atom is 0.251 e. The monoisotopic (exact) mass is 656 g/mol. The molecular weight excluding hydrogens is 612 g/mol. The van der Waals surface area contributed by atoms with Crippen LogP contribution < -0.4 is 20.3 Å². The Morgan fingerprint density at radius 3 is 1.87 bits per heavy atom. The molecule has 0 bridgehead atoms. The van der Waals surface area contributed by atoms with Crippen molar-refractivity contribution in [3.8, 4) is 0 Å². The normalized spacial score (nSPS) is 14.0. The first-order valence-corrected chi connectivity index (χ1v) is 17.4. The van der Waals surface area contributed by atoms with E-state index in [4.69, 9.17) is 0 Å². The van der Waals surface area contributed by atoms with Crippen LogP contribution in [-0.4, -0.2) is 57.3 Å². The lowest BCUT2D eigenvalue weighted by Crippen LogP contribution is -2.49. The highest BCUT2D eigenvalue weighted by molar-refractivity contribution is 7.92. The van der Waals surface area contributed by atoms with Gasteiger partial charge in [-0.15, -0.1) is 0 Å². The van der Waals surface area contributed by atoms with Gasteiger partial charge in [0.15, 0.2) is 0 Å². The average Bonchev–Trinajstić information content (AvgIpc) is 3.06. The summed E-state index contributed by atoms with van der Waals surface area (Å²) in [6, 6.07) is 30.4. The van der Waals surface area contributed by atoms with Crippen molar-refractivity contribution in [2.75, 3.05) is 24.2 Å². The smallest absolute Gasteiger partial charge is 0.251 e. The summed E-state index contributed by atoms with van der Waals surface area (Å²) in [6.45, 7) is 6.04. The first kappa shape index (κ1) is 35.3. The zero-order valence-electron chi connectivity index (χ0n) is 27.5. The van der Waals surface area contributed by atoms with Crippen LogP contribution in [0.4, 0.5) is 5.69 Å². The van der Waals surface area contributed by atoms with Gasteiger partial charge in [-0.25, -0.2) is 8.42 Å². The number of hydrogen-bond acceptors (Lipinski definition) is 6. The Morgan fingerprint density at radius 1 is 0.766 bits per heavy atom. The van der Waals surface area contributed by atoms with Gasteiger partial charge in [0.1, 0.15) is 0 Å². The molecule has 0 radical (unpaired) electrons. The average molecular weight is 657 g/mol. The number of sulfonamides is 1. The number of carbonyl (C=O) groups excluding carboxylic acids is 2. The number of aryl methyl sites for hydroxylation is 1. The molecule has 0 aromatic heterocycles. The van der Waals surface area contributed by atoms with Crippen molar-refractivity contribution in [3.63, 3.8) is 0 Å². The van der Waals surface area contributed by atoms with Crippen LogP contribution in [0.15, 0.2) is 103 Å². The molecule has 0 aliphatic rings. The van der Waals surface area contributed by atoms with Crippen LogP contribution in [0.25, 0.3) is 0 Å². The van der Waals surface area contributed by atoms with Gasteiger partial charge in [0.2, 0.25) is 10.0 Å². The Balaban J connectivity index is 1.60. The topological polar surface area (TPSA) is 128 Å². The van der Waals surface area contributed by atoms with Gasteiger partial charge in [0, 0.05) is 30.8 Å². The molecule has 47 heavy (non-hydrogen) atoms. The number of nitrogens with one attached hydrogen (secondary N) is 3. The summed E-state index contributed by atoms with van der Waals surface area (Å²) in [4.78, 5) is 27.3. The maximum absolute atomic E-state index is 13.8. The molecule has 10 heteroatoms. The number of carbonyl (C=O) groups is 2. The summed E-state index contributed by atoms with van der Waals surface area (Å²) in [7, 11) is -2.34. The lowest BCUT2D eigenvalue weighted by atomic mass is 9.99. The van der Waals surface area contributed by atoms with Crippen molar-refractivity contribution in [2.45, 2.75) is 51.4 Å². The van der Waals surface area contributed by atoms with E-state index < -0.39 is 34.0 Å². The van der Waals surface area contributed by atoms with E-state index in [9.17, 15) is 23.1 Å². The molecule has 4 N–H and O–H groups in total. The highest BCUT2D eigenvalue weighted by atomic mass is 32.2. The minimum Gasteiger partial charge on any atom is -0.390 e. The molecule has 0 aliphatic carbocycles. The number of hydrogen-bond donors (Lipinski definition) is 4. The predicted octanol–water partition coefficient (Wildman–Crippen LogP) is 4.93. The Hall–Kier alpha value is -4.51. The maximum atomic E-state index is 13.8. The molecule has 248 valence electrons. The predicted molar refractivity (Wildman–Crippen MR) is 187 cm³/mol. The van der Waals surface area contributed by atoms with Gasteiger partial charge in [-0.05, 0) is 62.1 Å². The van der Waals surface area contributed by atoms with Crippen molar-refractivity contribution in [1.29, 1.82) is 0 Å². The molecule has 2 amide bonds. The molecule has 0 aliphatic heterocycles. The van der Waals surface area contributed by atoms with Crippen molar-refractivity contribution in [2.24, 2.45) is 0 Å². The van der Waals surface area contributed by atoms with Crippen molar-refractivity contribution in [1.82, 2.24) is 16.0 Å². The number of benzene rings is 4. The minimum absolute atomic E-state index is 0.0366. The van der Waals surface area contributed by atoms with Crippen LogP contribution in [0.2, 0.25) is 0 Å². The van der Waals surface area contributed by atoms with E-state index in [0.29, 0.717) is 6.42 Å². The fourth-order valence-corrected chi connectivity index (χ4v) is 5.66. The second-order valence-electron chi connectivity index (χ2n) is 12.0. The molecule has 4 aromatic rings. The second kappa shape index (κ2) is 15.9. The quantitative estimate of drug-likeness (QED) is 0.152. The van der Waals surface area contributed by atoms with Crippen molar-refractivity contribution < 1.29 is 23.1 Å². The Bertz CT molecular complexity index is 1750. The third kappa shape index (κ3) is 9.99. The third-order valence-corrected chi connectivity index (χ3v) is 9.45. The van der Waals surface area contributed by atoms with E-state index in [2.05, 4.69) is 16.0 Å². The molecule has 0 heterocycles. The second-order valence-corrected chi connectivity index (χ2v) is 14.0. The van der Waals surface area contributed by atoms with E-state index in [-0.39, 0.29) is 35.4 Å². The lowest BCUT2D eigenvalue weighted by molar-refractivity contribution is 0.0825. The van der Waals surface area contributed by atoms with Gasteiger partial charge >= 0.3 is 0 Å². The summed E-state index contributed by atoms with van der Waals surface area (Å²) in [6.07, 6.45) is 0.430. The van der Waals surface area contributed by atoms with Gasteiger partial charge in [0.25, 0.3) is 11.8 Å². The fraction of sp³-hybridized carbons (Fsp3) is 0.297. The number of aliphatic hydroxyl groups excluding tert-OH is 1. The Labute approximate surface area is 278 Å². The van der Waals surface area contributed by atoms with Crippen LogP contribution in [-0.2, 0) is 16.4 Å². The lowest BCUT2D eigenvalue weighted by Gasteiger charge is -2.27. The summed E-state index contributed by atoms with van der Waals surface area (Å²) < 4.78 is 26.0. The number of nitrogens with zero attached hydrogens (tertiary/aromatic N) is 1. The first-order chi connectivity index (χ1) is 22.3. The molecule has 4 aromatic carbocycles. The summed E-state index contributed by atoms with van der Waals surface area (Å²) in [5.74, 6) is -1.01. The summed E-state index contributed by atoms with van der Waals surface area (Å²) in [5, 5.41) is 20.6. The molecule has 0 saturated heterocycles. The van der Waals surface area contributed by atoms with Crippen molar-refractivity contribution in [3.05, 3.63) is 137 Å². The summed E-state index contributed by atoms with van der Waals surface area (Å²) >= 11 is 0. The minimum atomic E-state index is -3.70. The largest absolute Gasteiger partial charge is 0.390 e. The van der Waals surface area contributed by atoms with E-state index in [1.807, 2.05) is 106 Å². The molecule has 9 nitrogen and oxygen atoms in total.